The van der Waals surface area contributed by atoms with Gasteiger partial charge in [0.1, 0.15) is 5.60 Å². The minimum Gasteiger partial charge on any atom is -0.444 e. The lowest BCUT2D eigenvalue weighted by molar-refractivity contribution is 0.0185. The number of aliphatic imine (C=N–C) groups is 1. The molecule has 2 saturated heterocycles. The zero-order chi connectivity index (χ0) is 19.9. The average molecular weight is 383 g/mol. The molecule has 2 aliphatic rings. The number of nitrogens with zero attached hydrogens (tertiary/aromatic N) is 2. The van der Waals surface area contributed by atoms with E-state index in [0.29, 0.717) is 12.5 Å². The van der Waals surface area contributed by atoms with Crippen LogP contribution in [-0.4, -0.2) is 67.5 Å². The largest absolute Gasteiger partial charge is 0.444 e. The van der Waals surface area contributed by atoms with Gasteiger partial charge in [0.15, 0.2) is 5.96 Å². The van der Waals surface area contributed by atoms with E-state index in [1.807, 2.05) is 25.7 Å². The van der Waals surface area contributed by atoms with Crippen molar-refractivity contribution < 1.29 is 14.3 Å². The molecule has 27 heavy (non-hydrogen) atoms. The third kappa shape index (κ3) is 7.56. The molecule has 2 N–H and O–H groups in total. The smallest absolute Gasteiger partial charge is 0.410 e. The molecule has 0 saturated carbocycles. The maximum Gasteiger partial charge on any atom is 0.410 e. The van der Waals surface area contributed by atoms with E-state index >= 15 is 0 Å². The second-order valence-corrected chi connectivity index (χ2v) is 8.89. The molecular weight excluding hydrogens is 344 g/mol. The fraction of sp³-hybridized carbons (Fsp3) is 0.900. The first-order valence-corrected chi connectivity index (χ1v) is 10.3. The fourth-order valence-corrected chi connectivity index (χ4v) is 3.44. The highest BCUT2D eigenvalue weighted by Gasteiger charge is 2.30. The van der Waals surface area contributed by atoms with Crippen molar-refractivity contribution in [2.45, 2.75) is 71.5 Å². The van der Waals surface area contributed by atoms with Crippen molar-refractivity contribution in [2.75, 3.05) is 39.3 Å². The Morgan fingerprint density at radius 1 is 1.30 bits per heavy atom. The van der Waals surface area contributed by atoms with Crippen LogP contribution in [0.4, 0.5) is 4.79 Å². The van der Waals surface area contributed by atoms with Gasteiger partial charge in [-0.2, -0.15) is 0 Å². The van der Waals surface area contributed by atoms with Crippen LogP contribution in [0.1, 0.15) is 60.3 Å². The van der Waals surface area contributed by atoms with E-state index < -0.39 is 5.60 Å². The van der Waals surface area contributed by atoms with E-state index in [1.54, 1.807) is 0 Å². The van der Waals surface area contributed by atoms with Crippen LogP contribution in [0.15, 0.2) is 4.99 Å². The Labute approximate surface area is 164 Å². The number of carbonyl (C=O) groups is 1. The Morgan fingerprint density at radius 2 is 2.00 bits per heavy atom. The molecule has 7 nitrogen and oxygen atoms in total. The molecule has 0 bridgehead atoms. The quantitative estimate of drug-likeness (QED) is 0.565. The summed E-state index contributed by atoms with van der Waals surface area (Å²) in [6, 6.07) is 0. The third-order valence-corrected chi connectivity index (χ3v) is 5.04. The molecule has 156 valence electrons. The summed E-state index contributed by atoms with van der Waals surface area (Å²) >= 11 is 0. The topological polar surface area (TPSA) is 75.2 Å². The van der Waals surface area contributed by atoms with Gasteiger partial charge in [-0.3, -0.25) is 4.99 Å². The Bertz CT molecular complexity index is 502. The number of nitrogens with one attached hydrogen (secondary N) is 2. The van der Waals surface area contributed by atoms with Crippen molar-refractivity contribution in [3.8, 4) is 0 Å². The highest BCUT2D eigenvalue weighted by Crippen LogP contribution is 2.25. The molecule has 7 heteroatoms. The third-order valence-electron chi connectivity index (χ3n) is 5.04. The first-order chi connectivity index (χ1) is 12.7. The van der Waals surface area contributed by atoms with Crippen LogP contribution in [0.3, 0.4) is 0 Å². The van der Waals surface area contributed by atoms with E-state index in [1.165, 1.54) is 0 Å². The highest BCUT2D eigenvalue weighted by molar-refractivity contribution is 5.79. The summed E-state index contributed by atoms with van der Waals surface area (Å²) < 4.78 is 11.3. The maximum absolute atomic E-state index is 12.2. The van der Waals surface area contributed by atoms with E-state index in [2.05, 4.69) is 24.5 Å². The van der Waals surface area contributed by atoms with Crippen LogP contribution in [0.5, 0.6) is 0 Å². The summed E-state index contributed by atoms with van der Waals surface area (Å²) in [6.07, 6.45) is 3.94. The summed E-state index contributed by atoms with van der Waals surface area (Å²) in [5.74, 6) is 1.38. The summed E-state index contributed by atoms with van der Waals surface area (Å²) in [5, 5.41) is 6.78. The molecule has 0 aromatic heterocycles. The van der Waals surface area contributed by atoms with Crippen molar-refractivity contribution >= 4 is 12.1 Å². The van der Waals surface area contributed by atoms with Gasteiger partial charge < -0.3 is 25.0 Å². The second-order valence-electron chi connectivity index (χ2n) is 8.89. The van der Waals surface area contributed by atoms with Gasteiger partial charge in [0.25, 0.3) is 0 Å². The minimum absolute atomic E-state index is 0.124. The van der Waals surface area contributed by atoms with Crippen molar-refractivity contribution in [3.05, 3.63) is 0 Å². The van der Waals surface area contributed by atoms with Gasteiger partial charge in [-0.05, 0) is 66.2 Å². The number of ether oxygens (including phenoxy) is 2. The zero-order valence-corrected chi connectivity index (χ0v) is 17.8. The molecule has 0 aromatic rings. The Morgan fingerprint density at radius 3 is 2.56 bits per heavy atom. The molecule has 2 rings (SSSR count). The van der Waals surface area contributed by atoms with E-state index in [9.17, 15) is 4.79 Å². The van der Waals surface area contributed by atoms with Gasteiger partial charge >= 0.3 is 6.09 Å². The molecule has 1 unspecified atom stereocenters. The number of rotatable bonds is 5. The molecule has 1 atom stereocenters. The maximum atomic E-state index is 12.2. The van der Waals surface area contributed by atoms with Gasteiger partial charge in [0.05, 0.1) is 12.1 Å². The second kappa shape index (κ2) is 9.62. The zero-order valence-electron chi connectivity index (χ0n) is 17.8. The van der Waals surface area contributed by atoms with E-state index in [4.69, 9.17) is 14.5 Å². The first-order valence-electron chi connectivity index (χ1n) is 10.3. The number of amides is 1. The summed E-state index contributed by atoms with van der Waals surface area (Å²) in [6.45, 7) is 14.6. The molecule has 2 heterocycles. The first kappa shape index (κ1) is 21.8. The van der Waals surface area contributed by atoms with Crippen LogP contribution in [-0.2, 0) is 9.47 Å². The Kier molecular flexibility index (Phi) is 7.77. The fourth-order valence-electron chi connectivity index (χ4n) is 3.44. The standard InChI is InChI=1S/C20H38N4O3/c1-6-21-17(23-15-20(5)10-7-13-26-20)22-14-16-8-11-24(12-9-16)18(25)27-19(2,3)4/h16H,6-15H2,1-5H3,(H2,21,22,23). The van der Waals surface area contributed by atoms with Crippen LogP contribution < -0.4 is 10.6 Å². The molecule has 0 aromatic carbocycles. The summed E-state index contributed by atoms with van der Waals surface area (Å²) in [5.41, 5.74) is -0.562. The molecule has 0 radical (unpaired) electrons. The number of hydrogen-bond acceptors (Lipinski definition) is 4. The highest BCUT2D eigenvalue weighted by atomic mass is 16.6. The van der Waals surface area contributed by atoms with Crippen molar-refractivity contribution in [1.82, 2.24) is 15.5 Å². The van der Waals surface area contributed by atoms with Gasteiger partial charge in [0.2, 0.25) is 0 Å². The molecule has 2 fully saturated rings. The molecule has 0 spiro atoms. The average Bonchev–Trinajstić information content (AvgIpc) is 3.03. The minimum atomic E-state index is -0.438. The number of guanidine groups is 1. The molecule has 0 aliphatic carbocycles. The van der Waals surface area contributed by atoms with Gasteiger partial charge in [-0.25, -0.2) is 4.79 Å². The van der Waals surface area contributed by atoms with Gasteiger partial charge in [0, 0.05) is 32.8 Å². The number of hydrogen-bond donors (Lipinski definition) is 2. The molecular formula is C20H38N4O3. The van der Waals surface area contributed by atoms with Gasteiger partial charge in [-0.1, -0.05) is 0 Å². The lowest BCUT2D eigenvalue weighted by Crippen LogP contribution is -2.45. The number of carbonyl (C=O) groups excluding carboxylic acids is 1. The SMILES string of the molecule is CCNC(=NCC1(C)CCCO1)NCC1CCN(C(=O)OC(C)(C)C)CC1. The monoisotopic (exact) mass is 382 g/mol. The lowest BCUT2D eigenvalue weighted by Gasteiger charge is -2.33. The van der Waals surface area contributed by atoms with Crippen molar-refractivity contribution in [2.24, 2.45) is 10.9 Å². The van der Waals surface area contributed by atoms with Crippen molar-refractivity contribution in [1.29, 1.82) is 0 Å². The predicted molar refractivity (Wildman–Crippen MR) is 108 cm³/mol. The number of likely N-dealkylation sites (tertiary alicyclic amines) is 1. The van der Waals surface area contributed by atoms with Gasteiger partial charge in [-0.15, -0.1) is 0 Å². The Balaban J connectivity index is 1.75. The summed E-state index contributed by atoms with van der Waals surface area (Å²) in [7, 11) is 0. The lowest BCUT2D eigenvalue weighted by atomic mass is 9.97. The normalized spacial score (nSPS) is 24.8. The van der Waals surface area contributed by atoms with Crippen LogP contribution in [0, 0.1) is 5.92 Å². The van der Waals surface area contributed by atoms with Crippen LogP contribution in [0.25, 0.3) is 0 Å². The van der Waals surface area contributed by atoms with E-state index in [0.717, 1.165) is 64.4 Å². The van der Waals surface area contributed by atoms with Crippen molar-refractivity contribution in [3.63, 3.8) is 0 Å². The predicted octanol–water partition coefficient (Wildman–Crippen LogP) is 2.76. The summed E-state index contributed by atoms with van der Waals surface area (Å²) in [4.78, 5) is 18.7. The van der Waals surface area contributed by atoms with E-state index in [-0.39, 0.29) is 11.7 Å². The molecule has 2 aliphatic heterocycles. The van der Waals surface area contributed by atoms with Crippen LogP contribution >= 0.6 is 0 Å². The number of piperidine rings is 1. The Hall–Kier alpha value is -1.50. The molecule has 1 amide bonds. The van der Waals surface area contributed by atoms with Crippen LogP contribution in [0.2, 0.25) is 0 Å².